The fraction of sp³-hybridized carbons (Fsp3) is 0.227. The van der Waals surface area contributed by atoms with Gasteiger partial charge in [-0.15, -0.1) is 0 Å². The van der Waals surface area contributed by atoms with E-state index < -0.39 is 0 Å². The molecule has 1 aromatic heterocycles. The van der Waals surface area contributed by atoms with Crippen molar-refractivity contribution in [1.82, 2.24) is 4.98 Å². The summed E-state index contributed by atoms with van der Waals surface area (Å²) in [5.74, 6) is 0.510. The Balaban J connectivity index is 2.10. The summed E-state index contributed by atoms with van der Waals surface area (Å²) >= 11 is 0. The lowest BCUT2D eigenvalue weighted by Gasteiger charge is -2.13. The van der Waals surface area contributed by atoms with E-state index >= 15 is 0 Å². The quantitative estimate of drug-likeness (QED) is 0.565. The Morgan fingerprint density at radius 2 is 1.52 bits per heavy atom. The van der Waals surface area contributed by atoms with Crippen LogP contribution in [0.4, 0.5) is 0 Å². The number of hydrogen-bond donors (Lipinski definition) is 0. The first-order valence-corrected chi connectivity index (χ1v) is 8.19. The molecule has 1 nitrogen and oxygen atoms in total. The first-order chi connectivity index (χ1) is 11.1. The van der Waals surface area contributed by atoms with E-state index in [9.17, 15) is 0 Å². The number of nitrogens with zero attached hydrogens (tertiary/aromatic N) is 1. The van der Waals surface area contributed by atoms with E-state index in [2.05, 4.69) is 87.3 Å². The van der Waals surface area contributed by atoms with Gasteiger partial charge in [-0.25, -0.2) is 0 Å². The Hall–Kier alpha value is -2.41. The lowest BCUT2D eigenvalue weighted by Crippen LogP contribution is -1.96. The van der Waals surface area contributed by atoms with E-state index in [1.807, 2.05) is 6.20 Å². The molecular formula is C22H23N. The third kappa shape index (κ3) is 3.19. The summed E-state index contributed by atoms with van der Waals surface area (Å²) in [6, 6.07) is 19.4. The predicted octanol–water partition coefficient (Wildman–Crippen LogP) is 6.16. The van der Waals surface area contributed by atoms with Crippen LogP contribution in [-0.4, -0.2) is 4.98 Å². The van der Waals surface area contributed by atoms with Gasteiger partial charge in [-0.3, -0.25) is 4.98 Å². The molecule has 0 unspecified atom stereocenters. The van der Waals surface area contributed by atoms with Crippen LogP contribution in [0.1, 0.15) is 36.5 Å². The van der Waals surface area contributed by atoms with Crippen LogP contribution in [0, 0.1) is 13.8 Å². The van der Waals surface area contributed by atoms with Crippen molar-refractivity contribution in [2.24, 2.45) is 0 Å². The smallest absolute Gasteiger partial charge is 0.0705 e. The van der Waals surface area contributed by atoms with E-state index in [1.165, 1.54) is 33.4 Å². The Kier molecular flexibility index (Phi) is 4.29. The Morgan fingerprint density at radius 3 is 2.22 bits per heavy atom. The van der Waals surface area contributed by atoms with Gasteiger partial charge in [0.05, 0.1) is 5.69 Å². The molecule has 0 bridgehead atoms. The maximum absolute atomic E-state index is 4.66. The van der Waals surface area contributed by atoms with E-state index in [4.69, 9.17) is 0 Å². The van der Waals surface area contributed by atoms with Crippen LogP contribution in [-0.2, 0) is 0 Å². The van der Waals surface area contributed by atoms with E-state index in [1.54, 1.807) is 0 Å². The van der Waals surface area contributed by atoms with E-state index in [0.717, 1.165) is 5.69 Å². The minimum Gasteiger partial charge on any atom is -0.256 e. The molecule has 0 radical (unpaired) electrons. The highest BCUT2D eigenvalue weighted by Gasteiger charge is 2.09. The Labute approximate surface area is 139 Å². The summed E-state index contributed by atoms with van der Waals surface area (Å²) in [6.45, 7) is 8.76. The van der Waals surface area contributed by atoms with E-state index in [-0.39, 0.29) is 0 Å². The van der Waals surface area contributed by atoms with Gasteiger partial charge in [0.1, 0.15) is 0 Å². The van der Waals surface area contributed by atoms with Crippen LogP contribution in [0.2, 0.25) is 0 Å². The molecule has 1 heterocycles. The zero-order valence-electron chi connectivity index (χ0n) is 14.3. The molecule has 0 fully saturated rings. The molecule has 0 N–H and O–H groups in total. The Morgan fingerprint density at radius 1 is 0.783 bits per heavy atom. The molecule has 2 aromatic carbocycles. The van der Waals surface area contributed by atoms with Gasteiger partial charge in [-0.2, -0.15) is 0 Å². The number of aryl methyl sites for hydroxylation is 2. The van der Waals surface area contributed by atoms with Crippen molar-refractivity contribution >= 4 is 0 Å². The first kappa shape index (κ1) is 15.5. The summed E-state index contributed by atoms with van der Waals surface area (Å²) in [5.41, 5.74) is 8.68. The van der Waals surface area contributed by atoms with Crippen molar-refractivity contribution in [3.63, 3.8) is 0 Å². The molecule has 0 aliphatic heterocycles. The lowest BCUT2D eigenvalue weighted by atomic mass is 9.94. The van der Waals surface area contributed by atoms with Gasteiger partial charge in [0.25, 0.3) is 0 Å². The fourth-order valence-corrected chi connectivity index (χ4v) is 3.03. The van der Waals surface area contributed by atoms with Crippen molar-refractivity contribution in [3.8, 4) is 22.4 Å². The molecule has 23 heavy (non-hydrogen) atoms. The zero-order valence-corrected chi connectivity index (χ0v) is 14.3. The van der Waals surface area contributed by atoms with Crippen LogP contribution >= 0.6 is 0 Å². The maximum atomic E-state index is 4.66. The van der Waals surface area contributed by atoms with Gasteiger partial charge >= 0.3 is 0 Å². The molecule has 1 heteroatoms. The number of rotatable bonds is 3. The SMILES string of the molecule is Cc1ccc(-c2cc(C(C)C)c(C)cn2)cc1-c1ccccc1. The fourth-order valence-electron chi connectivity index (χ4n) is 3.03. The van der Waals surface area contributed by atoms with Gasteiger partial charge in [-0.1, -0.05) is 56.3 Å². The van der Waals surface area contributed by atoms with Crippen LogP contribution in [0.5, 0.6) is 0 Å². The normalized spacial score (nSPS) is 11.0. The second-order valence-corrected chi connectivity index (χ2v) is 6.48. The largest absolute Gasteiger partial charge is 0.256 e. The summed E-state index contributed by atoms with van der Waals surface area (Å²) in [6.07, 6.45) is 1.99. The molecule has 3 aromatic rings. The second kappa shape index (κ2) is 6.37. The standard InChI is InChI=1S/C22H23N/c1-15(2)20-13-22(23-14-17(20)4)19-11-10-16(3)21(12-19)18-8-6-5-7-9-18/h5-15H,1-4H3. The van der Waals surface area contributed by atoms with Crippen molar-refractivity contribution in [2.75, 3.05) is 0 Å². The van der Waals surface area contributed by atoms with Crippen molar-refractivity contribution in [1.29, 1.82) is 0 Å². The van der Waals surface area contributed by atoms with Crippen LogP contribution < -0.4 is 0 Å². The third-order valence-electron chi connectivity index (χ3n) is 4.38. The van der Waals surface area contributed by atoms with Gasteiger partial charge in [0.15, 0.2) is 0 Å². The van der Waals surface area contributed by atoms with Gasteiger partial charge in [0.2, 0.25) is 0 Å². The molecule has 0 saturated heterocycles. The molecule has 0 amide bonds. The Bertz CT molecular complexity index is 817. The van der Waals surface area contributed by atoms with Gasteiger partial charge < -0.3 is 0 Å². The average molecular weight is 301 g/mol. The molecule has 0 aliphatic rings. The number of hydrogen-bond acceptors (Lipinski definition) is 1. The molecule has 0 atom stereocenters. The topological polar surface area (TPSA) is 12.9 Å². The number of benzene rings is 2. The summed E-state index contributed by atoms with van der Waals surface area (Å²) in [4.78, 5) is 4.66. The molecule has 3 rings (SSSR count). The minimum absolute atomic E-state index is 0.510. The highest BCUT2D eigenvalue weighted by Crippen LogP contribution is 2.30. The van der Waals surface area contributed by atoms with Crippen LogP contribution in [0.3, 0.4) is 0 Å². The van der Waals surface area contributed by atoms with Gasteiger partial charge in [0, 0.05) is 11.8 Å². The average Bonchev–Trinajstić information content (AvgIpc) is 2.56. The van der Waals surface area contributed by atoms with Crippen LogP contribution in [0.25, 0.3) is 22.4 Å². The molecule has 0 aliphatic carbocycles. The highest BCUT2D eigenvalue weighted by atomic mass is 14.7. The highest BCUT2D eigenvalue weighted by molar-refractivity contribution is 5.74. The molecule has 116 valence electrons. The summed E-state index contributed by atoms with van der Waals surface area (Å²) in [5, 5.41) is 0. The summed E-state index contributed by atoms with van der Waals surface area (Å²) in [7, 11) is 0. The zero-order chi connectivity index (χ0) is 16.4. The number of aromatic nitrogens is 1. The predicted molar refractivity (Wildman–Crippen MR) is 98.7 cm³/mol. The van der Waals surface area contributed by atoms with Crippen molar-refractivity contribution in [2.45, 2.75) is 33.6 Å². The van der Waals surface area contributed by atoms with Crippen molar-refractivity contribution < 1.29 is 0 Å². The minimum atomic E-state index is 0.510. The lowest BCUT2D eigenvalue weighted by molar-refractivity contribution is 0.852. The first-order valence-electron chi connectivity index (χ1n) is 8.19. The molecular weight excluding hydrogens is 278 g/mol. The monoisotopic (exact) mass is 301 g/mol. The van der Waals surface area contributed by atoms with Crippen molar-refractivity contribution in [3.05, 3.63) is 77.5 Å². The number of pyridine rings is 1. The van der Waals surface area contributed by atoms with E-state index in [0.29, 0.717) is 5.92 Å². The third-order valence-corrected chi connectivity index (χ3v) is 4.38. The second-order valence-electron chi connectivity index (χ2n) is 6.48. The van der Waals surface area contributed by atoms with Gasteiger partial charge in [-0.05, 0) is 59.7 Å². The van der Waals surface area contributed by atoms with Crippen LogP contribution in [0.15, 0.2) is 60.8 Å². The maximum Gasteiger partial charge on any atom is 0.0705 e. The summed E-state index contributed by atoms with van der Waals surface area (Å²) < 4.78 is 0. The molecule has 0 saturated carbocycles. The molecule has 0 spiro atoms.